The molecule has 94 valence electrons. The van der Waals surface area contributed by atoms with Crippen molar-refractivity contribution in [2.45, 2.75) is 6.54 Å². The van der Waals surface area contributed by atoms with E-state index in [0.717, 1.165) is 5.69 Å². The lowest BCUT2D eigenvalue weighted by atomic mass is 10.3. The van der Waals surface area contributed by atoms with E-state index in [0.29, 0.717) is 28.2 Å². The Balaban J connectivity index is 2.20. The van der Waals surface area contributed by atoms with E-state index >= 15 is 0 Å². The SMILES string of the molecule is CNCc1cncc(Oc2cc(Cl)cc(Cl)c2)n1. The maximum absolute atomic E-state index is 5.89. The van der Waals surface area contributed by atoms with Gasteiger partial charge in [0.15, 0.2) is 0 Å². The van der Waals surface area contributed by atoms with Gasteiger partial charge in [-0.2, -0.15) is 0 Å². The van der Waals surface area contributed by atoms with E-state index in [1.807, 2.05) is 7.05 Å². The Kier molecular flexibility index (Phi) is 4.36. The van der Waals surface area contributed by atoms with Crippen LogP contribution in [-0.4, -0.2) is 17.0 Å². The summed E-state index contributed by atoms with van der Waals surface area (Å²) in [7, 11) is 1.84. The first kappa shape index (κ1) is 13.1. The van der Waals surface area contributed by atoms with E-state index in [1.165, 1.54) is 6.20 Å². The summed E-state index contributed by atoms with van der Waals surface area (Å²) in [5.41, 5.74) is 0.795. The van der Waals surface area contributed by atoms with Crippen molar-refractivity contribution in [1.29, 1.82) is 0 Å². The van der Waals surface area contributed by atoms with Crippen molar-refractivity contribution in [3.8, 4) is 11.6 Å². The predicted molar refractivity (Wildman–Crippen MR) is 71.3 cm³/mol. The van der Waals surface area contributed by atoms with Gasteiger partial charge in [0.05, 0.1) is 11.9 Å². The van der Waals surface area contributed by atoms with Crippen molar-refractivity contribution in [2.24, 2.45) is 0 Å². The lowest BCUT2D eigenvalue weighted by molar-refractivity contribution is 0.457. The molecule has 6 heteroatoms. The van der Waals surface area contributed by atoms with Crippen molar-refractivity contribution in [3.05, 3.63) is 46.3 Å². The Morgan fingerprint density at radius 1 is 1.17 bits per heavy atom. The van der Waals surface area contributed by atoms with E-state index in [2.05, 4.69) is 15.3 Å². The van der Waals surface area contributed by atoms with Crippen molar-refractivity contribution in [3.63, 3.8) is 0 Å². The summed E-state index contributed by atoms with van der Waals surface area (Å²) in [6, 6.07) is 4.97. The normalized spacial score (nSPS) is 10.4. The number of halogens is 2. The van der Waals surface area contributed by atoms with Gasteiger partial charge in [0.2, 0.25) is 5.88 Å². The van der Waals surface area contributed by atoms with Gasteiger partial charge in [-0.15, -0.1) is 0 Å². The Bertz CT molecular complexity index is 528. The number of benzene rings is 1. The van der Waals surface area contributed by atoms with Crippen molar-refractivity contribution >= 4 is 23.2 Å². The van der Waals surface area contributed by atoms with E-state index in [9.17, 15) is 0 Å². The molecule has 1 N–H and O–H groups in total. The molecule has 1 heterocycles. The standard InChI is InChI=1S/C12H11Cl2N3O/c1-15-5-10-6-16-7-12(17-10)18-11-3-8(13)2-9(14)4-11/h2-4,6-7,15H,5H2,1H3. The first-order valence-corrected chi connectivity index (χ1v) is 6.02. The van der Waals surface area contributed by atoms with Crippen LogP contribution in [-0.2, 0) is 6.54 Å². The van der Waals surface area contributed by atoms with Gasteiger partial charge < -0.3 is 10.1 Å². The van der Waals surface area contributed by atoms with Gasteiger partial charge in [0.25, 0.3) is 0 Å². The number of nitrogens with zero attached hydrogens (tertiary/aromatic N) is 2. The number of hydrogen-bond acceptors (Lipinski definition) is 4. The third kappa shape index (κ3) is 3.57. The zero-order chi connectivity index (χ0) is 13.0. The fraction of sp³-hybridized carbons (Fsp3) is 0.167. The molecule has 0 radical (unpaired) electrons. The molecule has 0 saturated carbocycles. The fourth-order valence-electron chi connectivity index (χ4n) is 1.41. The topological polar surface area (TPSA) is 47.0 Å². The monoisotopic (exact) mass is 283 g/mol. The maximum Gasteiger partial charge on any atom is 0.238 e. The molecule has 2 rings (SSSR count). The number of hydrogen-bond donors (Lipinski definition) is 1. The van der Waals surface area contributed by atoms with E-state index in [-0.39, 0.29) is 0 Å². The highest BCUT2D eigenvalue weighted by Gasteiger charge is 2.03. The molecule has 1 aromatic heterocycles. The highest BCUT2D eigenvalue weighted by Crippen LogP contribution is 2.27. The maximum atomic E-state index is 5.89. The number of nitrogens with one attached hydrogen (secondary N) is 1. The van der Waals surface area contributed by atoms with Gasteiger partial charge in [0.1, 0.15) is 5.75 Å². The molecule has 0 aliphatic heterocycles. The number of rotatable bonds is 4. The highest BCUT2D eigenvalue weighted by atomic mass is 35.5. The van der Waals surface area contributed by atoms with Gasteiger partial charge in [0, 0.05) is 22.8 Å². The van der Waals surface area contributed by atoms with Crippen LogP contribution in [0.15, 0.2) is 30.6 Å². The Labute approximate surface area is 115 Å². The largest absolute Gasteiger partial charge is 0.437 e. The van der Waals surface area contributed by atoms with E-state index < -0.39 is 0 Å². The van der Waals surface area contributed by atoms with Gasteiger partial charge in [-0.3, -0.25) is 4.98 Å². The third-order valence-electron chi connectivity index (χ3n) is 2.08. The van der Waals surface area contributed by atoms with Crippen LogP contribution < -0.4 is 10.1 Å². The van der Waals surface area contributed by atoms with Crippen LogP contribution in [0.5, 0.6) is 11.6 Å². The Hall–Kier alpha value is -1.36. The second kappa shape index (κ2) is 6.00. The smallest absolute Gasteiger partial charge is 0.238 e. The van der Waals surface area contributed by atoms with Crippen LogP contribution in [0, 0.1) is 0 Å². The van der Waals surface area contributed by atoms with E-state index in [4.69, 9.17) is 27.9 Å². The third-order valence-corrected chi connectivity index (χ3v) is 2.52. The summed E-state index contributed by atoms with van der Waals surface area (Å²) in [5, 5.41) is 4.01. The highest BCUT2D eigenvalue weighted by molar-refractivity contribution is 6.34. The van der Waals surface area contributed by atoms with Crippen LogP contribution in [0.3, 0.4) is 0 Å². The lowest BCUT2D eigenvalue weighted by Crippen LogP contribution is -2.07. The Morgan fingerprint density at radius 2 is 1.89 bits per heavy atom. The molecule has 0 spiro atoms. The number of aromatic nitrogens is 2. The molecule has 0 amide bonds. The van der Waals surface area contributed by atoms with Crippen molar-refractivity contribution in [2.75, 3.05) is 7.05 Å². The Morgan fingerprint density at radius 3 is 2.56 bits per heavy atom. The molecule has 4 nitrogen and oxygen atoms in total. The minimum absolute atomic E-state index is 0.404. The van der Waals surface area contributed by atoms with Crippen LogP contribution in [0.4, 0.5) is 0 Å². The second-order valence-electron chi connectivity index (χ2n) is 3.59. The fourth-order valence-corrected chi connectivity index (χ4v) is 1.92. The molecule has 18 heavy (non-hydrogen) atoms. The molecule has 0 aliphatic rings. The summed E-state index contributed by atoms with van der Waals surface area (Å²) in [4.78, 5) is 8.33. The first-order valence-electron chi connectivity index (χ1n) is 5.27. The summed E-state index contributed by atoms with van der Waals surface area (Å²) >= 11 is 11.8. The van der Waals surface area contributed by atoms with E-state index in [1.54, 1.807) is 24.4 Å². The summed E-state index contributed by atoms with van der Waals surface area (Å²) in [5.74, 6) is 0.935. The molecular weight excluding hydrogens is 273 g/mol. The molecular formula is C12H11Cl2N3O. The summed E-state index contributed by atoms with van der Waals surface area (Å²) < 4.78 is 5.56. The summed E-state index contributed by atoms with van der Waals surface area (Å²) in [6.45, 7) is 0.625. The minimum Gasteiger partial charge on any atom is -0.437 e. The zero-order valence-corrected chi connectivity index (χ0v) is 11.2. The summed E-state index contributed by atoms with van der Waals surface area (Å²) in [6.07, 6.45) is 3.21. The number of ether oxygens (including phenoxy) is 1. The second-order valence-corrected chi connectivity index (χ2v) is 4.46. The molecule has 2 aromatic rings. The van der Waals surface area contributed by atoms with Crippen LogP contribution in [0.25, 0.3) is 0 Å². The molecule has 0 fully saturated rings. The van der Waals surface area contributed by atoms with Gasteiger partial charge >= 0.3 is 0 Å². The van der Waals surface area contributed by atoms with Crippen LogP contribution in [0.2, 0.25) is 10.0 Å². The zero-order valence-electron chi connectivity index (χ0n) is 9.65. The van der Waals surface area contributed by atoms with Gasteiger partial charge in [-0.25, -0.2) is 4.98 Å². The van der Waals surface area contributed by atoms with Gasteiger partial charge in [-0.05, 0) is 25.2 Å². The average Bonchev–Trinajstić information content (AvgIpc) is 2.28. The molecule has 0 aliphatic carbocycles. The molecule has 0 saturated heterocycles. The van der Waals surface area contributed by atoms with Crippen molar-refractivity contribution < 1.29 is 4.74 Å². The average molecular weight is 284 g/mol. The molecule has 1 aromatic carbocycles. The first-order chi connectivity index (χ1) is 8.67. The van der Waals surface area contributed by atoms with Crippen molar-refractivity contribution in [1.82, 2.24) is 15.3 Å². The quantitative estimate of drug-likeness (QED) is 0.935. The molecule has 0 unspecified atom stereocenters. The molecule has 0 bridgehead atoms. The predicted octanol–water partition coefficient (Wildman–Crippen LogP) is 3.30. The van der Waals surface area contributed by atoms with Crippen LogP contribution in [0.1, 0.15) is 5.69 Å². The molecule has 0 atom stereocenters. The van der Waals surface area contributed by atoms with Gasteiger partial charge in [-0.1, -0.05) is 23.2 Å². The lowest BCUT2D eigenvalue weighted by Gasteiger charge is -2.06. The minimum atomic E-state index is 0.404. The van der Waals surface area contributed by atoms with Crippen LogP contribution >= 0.6 is 23.2 Å².